The standard InChI is InChI=1S/C18H13BrClN3O3/c19-12-5-9(6-13(20)16(12)26-4-3-21)8-22-23-17(24)14-10-1-2-11(7-10)15(14)18(23)25/h1-2,5-6,8,10-11,14-15H,4,7H2/t10-,11-,14-,15+/m0/s1. The van der Waals surface area contributed by atoms with Gasteiger partial charge in [0.2, 0.25) is 0 Å². The number of rotatable bonds is 4. The third-order valence-corrected chi connectivity index (χ3v) is 5.94. The zero-order valence-corrected chi connectivity index (χ0v) is 15.8. The second kappa shape index (κ2) is 6.53. The van der Waals surface area contributed by atoms with Crippen molar-refractivity contribution in [3.63, 3.8) is 0 Å². The van der Waals surface area contributed by atoms with E-state index in [9.17, 15) is 9.59 Å². The molecule has 0 unspecified atom stereocenters. The van der Waals surface area contributed by atoms with E-state index in [-0.39, 0.29) is 42.1 Å². The Balaban J connectivity index is 1.55. The number of allylic oxidation sites excluding steroid dienone is 2. The summed E-state index contributed by atoms with van der Waals surface area (Å²) in [6.45, 7) is -0.123. The van der Waals surface area contributed by atoms with Gasteiger partial charge in [0.05, 0.1) is 27.5 Å². The lowest BCUT2D eigenvalue weighted by Gasteiger charge is -2.13. The zero-order valence-electron chi connectivity index (χ0n) is 13.4. The van der Waals surface area contributed by atoms with Gasteiger partial charge in [-0.15, -0.1) is 0 Å². The van der Waals surface area contributed by atoms with E-state index in [1.807, 2.05) is 18.2 Å². The zero-order chi connectivity index (χ0) is 18.4. The first-order valence-electron chi connectivity index (χ1n) is 8.10. The summed E-state index contributed by atoms with van der Waals surface area (Å²) in [5, 5.41) is 14.0. The molecule has 2 amide bonds. The van der Waals surface area contributed by atoms with Gasteiger partial charge in [0.1, 0.15) is 6.07 Å². The third-order valence-electron chi connectivity index (χ3n) is 5.07. The lowest BCUT2D eigenvalue weighted by Crippen LogP contribution is -2.28. The first kappa shape index (κ1) is 17.3. The van der Waals surface area contributed by atoms with Crippen molar-refractivity contribution >= 4 is 45.6 Å². The number of fused-ring (bicyclic) bond motifs is 5. The molecule has 3 aliphatic rings. The Hall–Kier alpha value is -2.17. The van der Waals surface area contributed by atoms with E-state index < -0.39 is 0 Å². The van der Waals surface area contributed by atoms with Gasteiger partial charge in [-0.2, -0.15) is 15.4 Å². The van der Waals surface area contributed by atoms with E-state index in [1.54, 1.807) is 12.1 Å². The minimum atomic E-state index is -0.272. The molecule has 4 atom stereocenters. The van der Waals surface area contributed by atoms with Gasteiger partial charge in [0.15, 0.2) is 12.4 Å². The van der Waals surface area contributed by atoms with Crippen molar-refractivity contribution in [2.45, 2.75) is 6.42 Å². The SMILES string of the molecule is N#CCOc1c(Cl)cc(C=NN2C(=O)[C@@H]3[C@H](C2=O)[C@H]2C=C[C@H]3C2)cc1Br. The first-order valence-corrected chi connectivity index (χ1v) is 9.27. The van der Waals surface area contributed by atoms with Crippen molar-refractivity contribution in [3.8, 4) is 11.8 Å². The molecule has 8 heteroatoms. The summed E-state index contributed by atoms with van der Waals surface area (Å²) in [6.07, 6.45) is 6.40. The molecule has 1 aromatic carbocycles. The van der Waals surface area contributed by atoms with Gasteiger partial charge in [-0.25, -0.2) is 0 Å². The summed E-state index contributed by atoms with van der Waals surface area (Å²) < 4.78 is 5.81. The first-order chi connectivity index (χ1) is 12.5. The molecule has 0 N–H and O–H groups in total. The van der Waals surface area contributed by atoms with Gasteiger partial charge in [0, 0.05) is 0 Å². The Morgan fingerprint density at radius 1 is 1.31 bits per heavy atom. The smallest absolute Gasteiger partial charge is 0.254 e. The van der Waals surface area contributed by atoms with Gasteiger partial charge in [0.25, 0.3) is 11.8 Å². The molecule has 0 aromatic heterocycles. The van der Waals surface area contributed by atoms with E-state index in [0.29, 0.717) is 20.8 Å². The minimum Gasteiger partial charge on any atom is -0.476 e. The Kier molecular flexibility index (Phi) is 4.33. The second-order valence-corrected chi connectivity index (χ2v) is 7.75. The number of nitrogens with zero attached hydrogens (tertiary/aromatic N) is 3. The number of hydrazone groups is 1. The quantitative estimate of drug-likeness (QED) is 0.414. The minimum absolute atomic E-state index is 0.123. The molecule has 132 valence electrons. The Morgan fingerprint density at radius 2 is 1.96 bits per heavy atom. The van der Waals surface area contributed by atoms with E-state index in [2.05, 4.69) is 21.0 Å². The van der Waals surface area contributed by atoms with Crippen LogP contribution >= 0.6 is 27.5 Å². The summed E-state index contributed by atoms with van der Waals surface area (Å²) in [7, 11) is 0. The van der Waals surface area contributed by atoms with Gasteiger partial charge in [-0.05, 0) is 51.9 Å². The maximum Gasteiger partial charge on any atom is 0.254 e. The van der Waals surface area contributed by atoms with Crippen LogP contribution in [0.2, 0.25) is 5.02 Å². The largest absolute Gasteiger partial charge is 0.476 e. The summed E-state index contributed by atoms with van der Waals surface area (Å²) in [5.41, 5.74) is 0.602. The lowest BCUT2D eigenvalue weighted by molar-refractivity contribution is -0.140. The van der Waals surface area contributed by atoms with E-state index in [1.165, 1.54) is 6.21 Å². The average Bonchev–Trinajstić information content (AvgIpc) is 3.27. The molecule has 2 bridgehead atoms. The predicted octanol–water partition coefficient (Wildman–Crippen LogP) is 3.15. The highest BCUT2D eigenvalue weighted by atomic mass is 79.9. The van der Waals surface area contributed by atoms with Crippen molar-refractivity contribution in [3.05, 3.63) is 39.3 Å². The Labute approximate surface area is 163 Å². The number of benzene rings is 1. The maximum atomic E-state index is 12.6. The molecule has 2 fully saturated rings. The maximum absolute atomic E-state index is 12.6. The molecule has 1 saturated carbocycles. The molecule has 26 heavy (non-hydrogen) atoms. The fourth-order valence-electron chi connectivity index (χ4n) is 4.02. The number of nitriles is 1. The molecule has 1 saturated heterocycles. The number of hydrogen-bond acceptors (Lipinski definition) is 5. The number of carbonyl (C=O) groups is 2. The van der Waals surface area contributed by atoms with Crippen LogP contribution in [-0.2, 0) is 9.59 Å². The summed E-state index contributed by atoms with van der Waals surface area (Å²) >= 11 is 9.50. The molecule has 6 nitrogen and oxygen atoms in total. The van der Waals surface area contributed by atoms with Gasteiger partial charge in [-0.1, -0.05) is 23.8 Å². The second-order valence-electron chi connectivity index (χ2n) is 6.49. The molecule has 1 heterocycles. The highest BCUT2D eigenvalue weighted by molar-refractivity contribution is 9.10. The topological polar surface area (TPSA) is 82.8 Å². The highest BCUT2D eigenvalue weighted by Crippen LogP contribution is 2.52. The molecular weight excluding hydrogens is 422 g/mol. The molecule has 0 spiro atoms. The fourth-order valence-corrected chi connectivity index (χ4v) is 5.01. The van der Waals surface area contributed by atoms with Crippen molar-refractivity contribution < 1.29 is 14.3 Å². The molecule has 0 radical (unpaired) electrons. The van der Waals surface area contributed by atoms with Crippen molar-refractivity contribution in [1.29, 1.82) is 5.26 Å². The monoisotopic (exact) mass is 433 g/mol. The Morgan fingerprint density at radius 3 is 2.54 bits per heavy atom. The van der Waals surface area contributed by atoms with Crippen LogP contribution in [0.3, 0.4) is 0 Å². The van der Waals surface area contributed by atoms with Crippen LogP contribution in [0, 0.1) is 35.0 Å². The van der Waals surface area contributed by atoms with Crippen LogP contribution in [0.15, 0.2) is 33.9 Å². The average molecular weight is 435 g/mol. The number of hydrogen-bond donors (Lipinski definition) is 0. The number of halogens is 2. The van der Waals surface area contributed by atoms with Crippen molar-refractivity contribution in [2.24, 2.45) is 28.8 Å². The summed E-state index contributed by atoms with van der Waals surface area (Å²) in [5.74, 6) is -0.336. The van der Waals surface area contributed by atoms with Crippen molar-refractivity contribution in [2.75, 3.05) is 6.61 Å². The lowest BCUT2D eigenvalue weighted by atomic mass is 9.85. The number of amides is 2. The fraction of sp³-hybridized carbons (Fsp3) is 0.333. The van der Waals surface area contributed by atoms with Gasteiger partial charge >= 0.3 is 0 Å². The predicted molar refractivity (Wildman–Crippen MR) is 97.4 cm³/mol. The van der Waals surface area contributed by atoms with Crippen LogP contribution < -0.4 is 4.74 Å². The third kappa shape index (κ3) is 2.65. The molecular formula is C18H13BrClN3O3. The van der Waals surface area contributed by atoms with Gasteiger partial charge in [-0.3, -0.25) is 9.59 Å². The molecule has 1 aliphatic heterocycles. The normalized spacial score (nSPS) is 28.9. The summed E-state index contributed by atoms with van der Waals surface area (Å²) in [6, 6.07) is 5.16. The number of ether oxygens (including phenoxy) is 1. The van der Waals surface area contributed by atoms with E-state index in [4.69, 9.17) is 21.6 Å². The summed E-state index contributed by atoms with van der Waals surface area (Å²) in [4.78, 5) is 25.2. The van der Waals surface area contributed by atoms with E-state index in [0.717, 1.165) is 11.4 Å². The Bertz CT molecular complexity index is 854. The van der Waals surface area contributed by atoms with Crippen LogP contribution in [0.5, 0.6) is 5.75 Å². The van der Waals surface area contributed by atoms with Crippen LogP contribution in [-0.4, -0.2) is 29.6 Å². The van der Waals surface area contributed by atoms with Crippen LogP contribution in [0.4, 0.5) is 0 Å². The molecule has 4 rings (SSSR count). The van der Waals surface area contributed by atoms with Crippen molar-refractivity contribution in [1.82, 2.24) is 5.01 Å². The van der Waals surface area contributed by atoms with Crippen LogP contribution in [0.25, 0.3) is 0 Å². The van der Waals surface area contributed by atoms with Crippen LogP contribution in [0.1, 0.15) is 12.0 Å². The number of imide groups is 1. The highest BCUT2D eigenvalue weighted by Gasteiger charge is 2.59. The molecule has 1 aromatic rings. The molecule has 2 aliphatic carbocycles. The number of carbonyl (C=O) groups excluding carboxylic acids is 2. The van der Waals surface area contributed by atoms with E-state index >= 15 is 0 Å². The van der Waals surface area contributed by atoms with Gasteiger partial charge < -0.3 is 4.74 Å².